The smallest absolute Gasteiger partial charge is 0.407 e. The number of halogens is 1. The van der Waals surface area contributed by atoms with Crippen LogP contribution in [0.4, 0.5) is 4.79 Å². The number of carbonyl (C=O) groups is 2. The van der Waals surface area contributed by atoms with Crippen molar-refractivity contribution in [2.75, 3.05) is 26.3 Å². The maximum absolute atomic E-state index is 12.5. The Morgan fingerprint density at radius 1 is 1.31 bits per heavy atom. The number of benzene rings is 1. The molecule has 2 amide bonds. The van der Waals surface area contributed by atoms with Crippen molar-refractivity contribution in [1.82, 2.24) is 9.80 Å². The second-order valence-corrected chi connectivity index (χ2v) is 7.67. The van der Waals surface area contributed by atoms with Gasteiger partial charge in [-0.25, -0.2) is 4.79 Å². The van der Waals surface area contributed by atoms with E-state index < -0.39 is 17.7 Å². The van der Waals surface area contributed by atoms with E-state index in [2.05, 4.69) is 0 Å². The summed E-state index contributed by atoms with van der Waals surface area (Å²) in [6.07, 6.45) is -0.405. The Kier molecular flexibility index (Phi) is 5.14. The van der Waals surface area contributed by atoms with E-state index in [1.807, 2.05) is 6.07 Å². The predicted molar refractivity (Wildman–Crippen MR) is 95.2 cm³/mol. The fourth-order valence-electron chi connectivity index (χ4n) is 3.61. The van der Waals surface area contributed by atoms with Crippen LogP contribution in [0.5, 0.6) is 0 Å². The Morgan fingerprint density at radius 3 is 2.69 bits per heavy atom. The van der Waals surface area contributed by atoms with Crippen molar-refractivity contribution in [3.63, 3.8) is 0 Å². The van der Waals surface area contributed by atoms with E-state index in [0.29, 0.717) is 31.1 Å². The van der Waals surface area contributed by atoms with Crippen molar-refractivity contribution in [2.45, 2.75) is 38.5 Å². The lowest BCUT2D eigenvalue weighted by atomic mass is 9.90. The number of fused-ring (bicyclic) bond motifs is 1. The largest absolute Gasteiger partial charge is 0.465 e. The Morgan fingerprint density at radius 2 is 2.04 bits per heavy atom. The highest BCUT2D eigenvalue weighted by Gasteiger charge is 2.35. The average Bonchev–Trinajstić information content (AvgIpc) is 2.59. The van der Waals surface area contributed by atoms with Gasteiger partial charge in [0.15, 0.2) is 0 Å². The molecular formula is C18H23ClN2O5. The molecule has 1 aromatic rings. The number of amides is 2. The van der Waals surface area contributed by atoms with Gasteiger partial charge in [0.2, 0.25) is 0 Å². The number of hydrogen-bond acceptors (Lipinski definition) is 4. The second-order valence-electron chi connectivity index (χ2n) is 7.24. The summed E-state index contributed by atoms with van der Waals surface area (Å²) in [6, 6.07) is 3.15. The maximum atomic E-state index is 12.5. The predicted octanol–water partition coefficient (Wildman–Crippen LogP) is 2.05. The monoisotopic (exact) mass is 382 g/mol. The molecule has 0 unspecified atom stereocenters. The molecule has 7 nitrogen and oxygen atoms in total. The van der Waals surface area contributed by atoms with E-state index in [1.54, 1.807) is 11.0 Å². The number of nitrogens with zero attached hydrogens (tertiary/aromatic N) is 2. The Labute approximate surface area is 157 Å². The highest BCUT2D eigenvalue weighted by atomic mass is 35.5. The van der Waals surface area contributed by atoms with Gasteiger partial charge in [-0.3, -0.25) is 9.69 Å². The normalized spacial score (nSPS) is 20.7. The van der Waals surface area contributed by atoms with Crippen LogP contribution in [0.3, 0.4) is 0 Å². The van der Waals surface area contributed by atoms with Crippen LogP contribution >= 0.6 is 11.6 Å². The molecule has 1 fully saturated rings. The molecule has 2 aliphatic heterocycles. The second kappa shape index (κ2) is 7.06. The van der Waals surface area contributed by atoms with Gasteiger partial charge in [-0.2, -0.15) is 0 Å². The van der Waals surface area contributed by atoms with E-state index in [4.69, 9.17) is 16.3 Å². The molecule has 0 radical (unpaired) electrons. The molecule has 2 aliphatic rings. The standard InChI is InChI=1S/C18H23ClN2O5/c1-18(2,25)16(22)20-4-3-11-7-12(19)8-13(14(11)9-20)15-10-26-6-5-21(15)17(23)24/h7-8,15,25H,3-6,9-10H2,1-2H3,(H,23,24)/t15-/m0/s1. The number of morpholine rings is 1. The summed E-state index contributed by atoms with van der Waals surface area (Å²) in [5.41, 5.74) is 1.21. The lowest BCUT2D eigenvalue weighted by Gasteiger charge is -2.38. The molecule has 26 heavy (non-hydrogen) atoms. The first kappa shape index (κ1) is 18.9. The first-order valence-electron chi connectivity index (χ1n) is 8.58. The number of carbonyl (C=O) groups excluding carboxylic acids is 1. The number of rotatable bonds is 2. The third-order valence-electron chi connectivity index (χ3n) is 4.89. The van der Waals surface area contributed by atoms with Crippen LogP contribution in [-0.2, 0) is 22.5 Å². The molecule has 3 rings (SSSR count). The molecule has 0 bridgehead atoms. The van der Waals surface area contributed by atoms with Gasteiger partial charge in [-0.15, -0.1) is 0 Å². The van der Waals surface area contributed by atoms with Gasteiger partial charge < -0.3 is 19.8 Å². The Hall–Kier alpha value is -1.83. The maximum Gasteiger partial charge on any atom is 0.407 e. The molecule has 8 heteroatoms. The highest BCUT2D eigenvalue weighted by molar-refractivity contribution is 6.30. The van der Waals surface area contributed by atoms with E-state index in [1.165, 1.54) is 18.7 Å². The lowest BCUT2D eigenvalue weighted by Crippen LogP contribution is -2.48. The van der Waals surface area contributed by atoms with Crippen LogP contribution < -0.4 is 0 Å². The van der Waals surface area contributed by atoms with Gasteiger partial charge in [0, 0.05) is 24.7 Å². The minimum atomic E-state index is -1.45. The minimum Gasteiger partial charge on any atom is -0.465 e. The molecule has 2 N–H and O–H groups in total. The van der Waals surface area contributed by atoms with Gasteiger partial charge >= 0.3 is 6.09 Å². The average molecular weight is 383 g/mol. The fourth-order valence-corrected chi connectivity index (χ4v) is 3.85. The molecule has 0 spiro atoms. The van der Waals surface area contributed by atoms with Crippen LogP contribution in [0, 0.1) is 0 Å². The fraction of sp³-hybridized carbons (Fsp3) is 0.556. The lowest BCUT2D eigenvalue weighted by molar-refractivity contribution is -0.148. The summed E-state index contributed by atoms with van der Waals surface area (Å²) >= 11 is 6.27. The van der Waals surface area contributed by atoms with E-state index in [-0.39, 0.29) is 19.1 Å². The van der Waals surface area contributed by atoms with Crippen molar-refractivity contribution in [3.05, 3.63) is 33.8 Å². The summed E-state index contributed by atoms with van der Waals surface area (Å²) in [5.74, 6) is -0.348. The first-order chi connectivity index (χ1) is 12.2. The quantitative estimate of drug-likeness (QED) is 0.817. The van der Waals surface area contributed by atoms with Crippen LogP contribution in [0.2, 0.25) is 5.02 Å². The van der Waals surface area contributed by atoms with Crippen LogP contribution in [0.1, 0.15) is 36.6 Å². The highest BCUT2D eigenvalue weighted by Crippen LogP contribution is 2.35. The topological polar surface area (TPSA) is 90.3 Å². The van der Waals surface area contributed by atoms with Crippen LogP contribution in [0.25, 0.3) is 0 Å². The van der Waals surface area contributed by atoms with Crippen molar-refractivity contribution in [1.29, 1.82) is 0 Å². The zero-order valence-electron chi connectivity index (χ0n) is 14.9. The summed E-state index contributed by atoms with van der Waals surface area (Å²) in [5, 5.41) is 20.1. The van der Waals surface area contributed by atoms with Gasteiger partial charge in [-0.05, 0) is 49.1 Å². The number of carboxylic acid groups (broad SMARTS) is 1. The van der Waals surface area contributed by atoms with E-state index >= 15 is 0 Å². The number of aliphatic hydroxyl groups is 1. The third-order valence-corrected chi connectivity index (χ3v) is 5.10. The third kappa shape index (κ3) is 3.65. The molecule has 2 heterocycles. The van der Waals surface area contributed by atoms with Gasteiger partial charge in [0.05, 0.1) is 19.3 Å². The summed E-state index contributed by atoms with van der Waals surface area (Å²) in [4.78, 5) is 27.1. The van der Waals surface area contributed by atoms with E-state index in [9.17, 15) is 19.8 Å². The van der Waals surface area contributed by atoms with Gasteiger partial charge in [0.25, 0.3) is 5.91 Å². The summed E-state index contributed by atoms with van der Waals surface area (Å²) in [7, 11) is 0. The van der Waals surface area contributed by atoms with Gasteiger partial charge in [0.1, 0.15) is 5.60 Å². The SMILES string of the molecule is CC(C)(O)C(=O)N1CCc2cc(Cl)cc([C@@H]3COCCN3C(=O)O)c2C1. The van der Waals surface area contributed by atoms with E-state index in [0.717, 1.165) is 16.7 Å². The molecule has 0 aromatic heterocycles. The van der Waals surface area contributed by atoms with Crippen molar-refractivity contribution >= 4 is 23.6 Å². The number of ether oxygens (including phenoxy) is 1. The summed E-state index contributed by atoms with van der Waals surface area (Å²) < 4.78 is 5.51. The Bertz CT molecular complexity index is 731. The van der Waals surface area contributed by atoms with Crippen molar-refractivity contribution in [2.24, 2.45) is 0 Å². The molecule has 0 saturated carbocycles. The van der Waals surface area contributed by atoms with Crippen LogP contribution in [0.15, 0.2) is 12.1 Å². The van der Waals surface area contributed by atoms with Crippen LogP contribution in [-0.4, -0.2) is 63.9 Å². The molecule has 1 aromatic carbocycles. The van der Waals surface area contributed by atoms with Gasteiger partial charge in [-0.1, -0.05) is 11.6 Å². The molecule has 1 atom stereocenters. The van der Waals surface area contributed by atoms with Crippen molar-refractivity contribution in [3.8, 4) is 0 Å². The summed E-state index contributed by atoms with van der Waals surface area (Å²) in [6.45, 7) is 4.62. The zero-order valence-corrected chi connectivity index (χ0v) is 15.6. The number of hydrogen-bond donors (Lipinski definition) is 2. The minimum absolute atomic E-state index is 0.249. The molecular weight excluding hydrogens is 360 g/mol. The molecule has 0 aliphatic carbocycles. The molecule has 1 saturated heterocycles. The first-order valence-corrected chi connectivity index (χ1v) is 8.96. The molecule has 142 valence electrons. The Balaban J connectivity index is 1.99. The zero-order chi connectivity index (χ0) is 19.1. The van der Waals surface area contributed by atoms with Crippen molar-refractivity contribution < 1.29 is 24.5 Å².